The van der Waals surface area contributed by atoms with Crippen LogP contribution in [-0.4, -0.2) is 26.3 Å². The Bertz CT molecular complexity index is 1340. The Morgan fingerprint density at radius 3 is 2.80 bits per heavy atom. The largest absolute Gasteiger partial charge is 0.459 e. The average molecular weight is 455 g/mol. The van der Waals surface area contributed by atoms with E-state index in [0.717, 1.165) is 26.5 Å². The summed E-state index contributed by atoms with van der Waals surface area (Å²) in [4.78, 5) is 13.1. The third-order valence-electron chi connectivity index (χ3n) is 4.49. The lowest BCUT2D eigenvalue weighted by molar-refractivity contribution is -0.118. The lowest BCUT2D eigenvalue weighted by Gasteiger charge is -2.03. The van der Waals surface area contributed by atoms with Crippen molar-refractivity contribution < 1.29 is 9.21 Å². The van der Waals surface area contributed by atoms with Crippen LogP contribution in [0.15, 0.2) is 70.2 Å². The highest BCUT2D eigenvalue weighted by atomic mass is 35.5. The number of rotatable bonds is 6. The molecule has 1 N–H and O–H groups in total. The summed E-state index contributed by atoms with van der Waals surface area (Å²) < 4.78 is 8.95. The highest BCUT2D eigenvalue weighted by Gasteiger charge is 2.14. The van der Waals surface area contributed by atoms with Crippen LogP contribution in [0.3, 0.4) is 0 Å². The summed E-state index contributed by atoms with van der Waals surface area (Å²) in [5.74, 6) is 1.57. The summed E-state index contributed by atoms with van der Waals surface area (Å²) in [6, 6.07) is 19.2. The Morgan fingerprint density at radius 2 is 1.93 bits per heavy atom. The molecule has 0 radical (unpaired) electrons. The number of carbonyl (C=O) groups is 1. The van der Waals surface area contributed by atoms with Crippen molar-refractivity contribution in [2.45, 2.75) is 11.7 Å². The van der Waals surface area contributed by atoms with Crippen LogP contribution in [0.25, 0.3) is 26.5 Å². The summed E-state index contributed by atoms with van der Waals surface area (Å²) in [6.07, 6.45) is 0. The second kappa shape index (κ2) is 8.14. The minimum absolute atomic E-state index is 0.0965. The van der Waals surface area contributed by atoms with Crippen LogP contribution in [0.1, 0.15) is 5.76 Å². The summed E-state index contributed by atoms with van der Waals surface area (Å²) in [7, 11) is 0. The first-order chi connectivity index (χ1) is 14.7. The molecule has 6 nitrogen and oxygen atoms in total. The first-order valence-electron chi connectivity index (χ1n) is 9.14. The Hall–Kier alpha value is -2.81. The number of thiazole rings is 1. The zero-order valence-corrected chi connectivity index (χ0v) is 17.9. The lowest BCUT2D eigenvalue weighted by atomic mass is 10.2. The van der Waals surface area contributed by atoms with Crippen molar-refractivity contribution in [3.05, 3.63) is 71.4 Å². The quantitative estimate of drug-likeness (QED) is 0.354. The van der Waals surface area contributed by atoms with Gasteiger partial charge in [0, 0.05) is 10.6 Å². The van der Waals surface area contributed by atoms with E-state index < -0.39 is 0 Å². The number of fused-ring (bicyclic) bond motifs is 3. The number of hydrogen-bond donors (Lipinski definition) is 1. The summed E-state index contributed by atoms with van der Waals surface area (Å²) in [5.41, 5.74) is 1.99. The number of para-hydroxylation sites is 1. The SMILES string of the molecule is O=C(CSc1nnc2sc3ccccc3n12)NCc1ccc(-c2ccc(Cl)cc2)o1. The summed E-state index contributed by atoms with van der Waals surface area (Å²) in [5, 5.41) is 12.7. The van der Waals surface area contributed by atoms with Crippen LogP contribution in [0.4, 0.5) is 0 Å². The predicted octanol–water partition coefficient (Wildman–Crippen LogP) is 5.27. The third kappa shape index (κ3) is 3.81. The molecule has 0 spiro atoms. The molecular weight excluding hydrogens is 440 g/mol. The van der Waals surface area contributed by atoms with Crippen molar-refractivity contribution >= 4 is 55.8 Å². The lowest BCUT2D eigenvalue weighted by Crippen LogP contribution is -2.24. The van der Waals surface area contributed by atoms with E-state index in [1.54, 1.807) is 11.3 Å². The number of nitrogens with one attached hydrogen (secondary N) is 1. The molecule has 0 atom stereocenters. The molecular formula is C21H15ClN4O2S2. The number of furan rings is 1. The molecule has 3 aromatic heterocycles. The number of hydrogen-bond acceptors (Lipinski definition) is 6. The number of nitrogens with zero attached hydrogens (tertiary/aromatic N) is 3. The van der Waals surface area contributed by atoms with Crippen LogP contribution in [0.2, 0.25) is 5.02 Å². The number of aromatic nitrogens is 3. The predicted molar refractivity (Wildman–Crippen MR) is 120 cm³/mol. The van der Waals surface area contributed by atoms with Gasteiger partial charge in [0.05, 0.1) is 22.5 Å². The maximum Gasteiger partial charge on any atom is 0.230 e. The van der Waals surface area contributed by atoms with Crippen LogP contribution in [0, 0.1) is 0 Å². The number of halogens is 1. The van der Waals surface area contributed by atoms with Gasteiger partial charge in [-0.1, -0.05) is 46.8 Å². The van der Waals surface area contributed by atoms with E-state index in [2.05, 4.69) is 21.6 Å². The maximum absolute atomic E-state index is 12.3. The van der Waals surface area contributed by atoms with Gasteiger partial charge in [-0.05, 0) is 48.5 Å². The van der Waals surface area contributed by atoms with Gasteiger partial charge < -0.3 is 9.73 Å². The van der Waals surface area contributed by atoms with E-state index in [0.29, 0.717) is 22.5 Å². The second-order valence-corrected chi connectivity index (χ2v) is 8.90. The third-order valence-corrected chi connectivity index (χ3v) is 6.69. The van der Waals surface area contributed by atoms with Crippen molar-refractivity contribution in [3.8, 4) is 11.3 Å². The van der Waals surface area contributed by atoms with E-state index in [-0.39, 0.29) is 11.7 Å². The van der Waals surface area contributed by atoms with Crippen molar-refractivity contribution in [2.75, 3.05) is 5.75 Å². The summed E-state index contributed by atoms with van der Waals surface area (Å²) in [6.45, 7) is 0.323. The molecule has 150 valence electrons. The Labute approximate surface area is 184 Å². The molecule has 0 aliphatic carbocycles. The Morgan fingerprint density at radius 1 is 1.10 bits per heavy atom. The van der Waals surface area contributed by atoms with Gasteiger partial charge in [-0.15, -0.1) is 10.2 Å². The van der Waals surface area contributed by atoms with Crippen molar-refractivity contribution in [3.63, 3.8) is 0 Å². The minimum atomic E-state index is -0.0965. The normalized spacial score (nSPS) is 11.4. The Kier molecular flexibility index (Phi) is 5.20. The molecule has 9 heteroatoms. The van der Waals surface area contributed by atoms with Crippen LogP contribution < -0.4 is 5.32 Å². The number of thioether (sulfide) groups is 1. The fourth-order valence-electron chi connectivity index (χ4n) is 3.06. The molecule has 2 aromatic carbocycles. The zero-order chi connectivity index (χ0) is 20.5. The van der Waals surface area contributed by atoms with Crippen LogP contribution >= 0.6 is 34.7 Å². The molecule has 0 saturated heterocycles. The standard InChI is InChI=1S/C21H15ClN4O2S2/c22-14-7-5-13(6-8-14)17-10-9-15(28-17)11-23-19(27)12-29-20-24-25-21-26(20)16-3-1-2-4-18(16)30-21/h1-10H,11-12H2,(H,23,27). The van der Waals surface area contributed by atoms with E-state index in [1.807, 2.05) is 59.0 Å². The monoisotopic (exact) mass is 454 g/mol. The zero-order valence-electron chi connectivity index (χ0n) is 15.5. The fraction of sp³-hybridized carbons (Fsp3) is 0.0952. The van der Waals surface area contributed by atoms with E-state index >= 15 is 0 Å². The van der Waals surface area contributed by atoms with Crippen LogP contribution in [-0.2, 0) is 11.3 Å². The van der Waals surface area contributed by atoms with E-state index in [1.165, 1.54) is 11.8 Å². The van der Waals surface area contributed by atoms with Crippen LogP contribution in [0.5, 0.6) is 0 Å². The Balaban J connectivity index is 1.20. The van der Waals surface area contributed by atoms with Gasteiger partial charge in [-0.25, -0.2) is 0 Å². The van der Waals surface area contributed by atoms with Gasteiger partial charge in [0.25, 0.3) is 0 Å². The average Bonchev–Trinajstić information content (AvgIpc) is 3.47. The van der Waals surface area contributed by atoms with Gasteiger partial charge in [-0.3, -0.25) is 9.20 Å². The fourth-order valence-corrected chi connectivity index (χ4v) is 4.98. The molecule has 0 fully saturated rings. The first-order valence-corrected chi connectivity index (χ1v) is 11.3. The van der Waals surface area contributed by atoms with Crippen molar-refractivity contribution in [2.24, 2.45) is 0 Å². The summed E-state index contributed by atoms with van der Waals surface area (Å²) >= 11 is 8.87. The second-order valence-electron chi connectivity index (χ2n) is 6.51. The van der Waals surface area contributed by atoms with Gasteiger partial charge >= 0.3 is 0 Å². The topological polar surface area (TPSA) is 72.4 Å². The highest BCUT2D eigenvalue weighted by molar-refractivity contribution is 7.99. The minimum Gasteiger partial charge on any atom is -0.459 e. The first kappa shape index (κ1) is 19.2. The maximum atomic E-state index is 12.3. The van der Waals surface area contributed by atoms with Gasteiger partial charge in [0.1, 0.15) is 11.5 Å². The molecule has 0 saturated carbocycles. The molecule has 30 heavy (non-hydrogen) atoms. The molecule has 0 aliphatic heterocycles. The number of carbonyl (C=O) groups excluding carboxylic acids is 1. The number of benzene rings is 2. The van der Waals surface area contributed by atoms with Gasteiger partial charge in [0.2, 0.25) is 10.9 Å². The van der Waals surface area contributed by atoms with Crippen molar-refractivity contribution in [1.82, 2.24) is 19.9 Å². The van der Waals surface area contributed by atoms with Gasteiger partial charge in [0.15, 0.2) is 5.16 Å². The smallest absolute Gasteiger partial charge is 0.230 e. The van der Waals surface area contributed by atoms with Crippen molar-refractivity contribution in [1.29, 1.82) is 0 Å². The molecule has 5 aromatic rings. The number of amides is 1. The molecule has 3 heterocycles. The van der Waals surface area contributed by atoms with E-state index in [4.69, 9.17) is 16.0 Å². The molecule has 0 aliphatic rings. The molecule has 5 rings (SSSR count). The van der Waals surface area contributed by atoms with Gasteiger partial charge in [-0.2, -0.15) is 0 Å². The van der Waals surface area contributed by atoms with E-state index in [9.17, 15) is 4.79 Å². The molecule has 0 unspecified atom stereocenters. The molecule has 1 amide bonds. The molecule has 0 bridgehead atoms. The highest BCUT2D eigenvalue weighted by Crippen LogP contribution is 2.29.